The molecule has 0 aliphatic carbocycles. The Morgan fingerprint density at radius 1 is 0.593 bits per heavy atom. The van der Waals surface area contributed by atoms with Gasteiger partial charge in [-0.2, -0.15) is 0 Å². The summed E-state index contributed by atoms with van der Waals surface area (Å²) in [6.45, 7) is 8.05. The van der Waals surface area contributed by atoms with Crippen LogP contribution in [0.3, 0.4) is 0 Å². The first-order valence-electron chi connectivity index (χ1n) is 18.0. The van der Waals surface area contributed by atoms with Gasteiger partial charge in [0.05, 0.1) is 11.4 Å². The van der Waals surface area contributed by atoms with E-state index in [2.05, 4.69) is 161 Å². The van der Waals surface area contributed by atoms with E-state index in [0.717, 1.165) is 78.9 Å². The van der Waals surface area contributed by atoms with E-state index in [1.165, 1.54) is 6.21 Å². The average molecular weight is 700 g/mol. The summed E-state index contributed by atoms with van der Waals surface area (Å²) < 4.78 is 2.23. The minimum atomic E-state index is 0.848. The lowest BCUT2D eigenvalue weighted by atomic mass is 9.99. The Morgan fingerprint density at radius 3 is 1.67 bits per heavy atom. The molecule has 262 valence electrons. The van der Waals surface area contributed by atoms with Crippen molar-refractivity contribution in [3.05, 3.63) is 205 Å². The molecular formula is C49H41N5. The standard InChI is InChI=1S/C49H41N5/c1-4-13-48-36(3)52-49(54(48)44-16-7-6-8-17-44)41-24-30-47(31-25-41)53(45-26-20-39(21-27-45)38-14-9-11-32-51-33-12-10-15-38)46-28-22-40(23-29-46)42-18-19-43(35-50)37(5-2)34-42/h4-35,50H,2H2,1,3H3/b11-9?,12-10?,13-4-,14-9?,15-10?,32-11?,33-12?,38-14?,38-15?,50-35?,51-32?,51-33?. The Kier molecular flexibility index (Phi) is 10.8. The van der Waals surface area contributed by atoms with Gasteiger partial charge in [-0.3, -0.25) is 9.55 Å². The van der Waals surface area contributed by atoms with Crippen molar-refractivity contribution in [3.63, 3.8) is 0 Å². The third-order valence-corrected chi connectivity index (χ3v) is 9.32. The molecule has 5 aromatic carbocycles. The Balaban J connectivity index is 1.30. The van der Waals surface area contributed by atoms with Crippen LogP contribution in [-0.4, -0.2) is 20.7 Å². The maximum absolute atomic E-state index is 7.75. The number of aryl methyl sites for hydroxylation is 1. The normalized spacial score (nSPS) is 10.9. The molecule has 5 nitrogen and oxygen atoms in total. The molecule has 0 amide bonds. The van der Waals surface area contributed by atoms with Gasteiger partial charge in [-0.25, -0.2) is 4.98 Å². The first-order chi connectivity index (χ1) is 26.6. The Bertz CT molecular complexity index is 2450. The molecule has 0 aliphatic heterocycles. The van der Waals surface area contributed by atoms with Gasteiger partial charge in [0.1, 0.15) is 5.82 Å². The first-order valence-corrected chi connectivity index (χ1v) is 18.0. The molecule has 5 heteroatoms. The van der Waals surface area contributed by atoms with Gasteiger partial charge in [0.15, 0.2) is 0 Å². The zero-order chi connectivity index (χ0) is 37.3. The summed E-state index contributed by atoms with van der Waals surface area (Å²) >= 11 is 0. The molecule has 0 unspecified atom stereocenters. The topological polar surface area (TPSA) is 57.8 Å². The van der Waals surface area contributed by atoms with Gasteiger partial charge < -0.3 is 10.3 Å². The summed E-state index contributed by atoms with van der Waals surface area (Å²) in [5.74, 6) is 0.897. The fourth-order valence-electron chi connectivity index (χ4n) is 6.62. The predicted molar refractivity (Wildman–Crippen MR) is 227 cm³/mol. The van der Waals surface area contributed by atoms with Crippen molar-refractivity contribution in [2.75, 3.05) is 4.90 Å². The second kappa shape index (κ2) is 16.5. The second-order valence-electron chi connectivity index (χ2n) is 12.8. The molecule has 0 spiro atoms. The van der Waals surface area contributed by atoms with Crippen molar-refractivity contribution in [2.24, 2.45) is 0 Å². The molecular weight excluding hydrogens is 659 g/mol. The molecule has 0 bridgehead atoms. The van der Waals surface area contributed by atoms with Crippen LogP contribution in [0.15, 0.2) is 183 Å². The number of anilines is 3. The third kappa shape index (κ3) is 7.57. The van der Waals surface area contributed by atoms with Crippen LogP contribution in [0, 0.1) is 12.3 Å². The smallest absolute Gasteiger partial charge is 0.145 e. The van der Waals surface area contributed by atoms with Gasteiger partial charge in [-0.15, -0.1) is 0 Å². The Morgan fingerprint density at radius 2 is 1.11 bits per heavy atom. The van der Waals surface area contributed by atoms with E-state index in [4.69, 9.17) is 10.4 Å². The lowest BCUT2D eigenvalue weighted by Crippen LogP contribution is -2.10. The summed E-state index contributed by atoms with van der Waals surface area (Å²) in [5.41, 5.74) is 13.4. The van der Waals surface area contributed by atoms with Crippen molar-refractivity contribution < 1.29 is 0 Å². The number of benzene rings is 5. The van der Waals surface area contributed by atoms with Gasteiger partial charge in [0, 0.05) is 46.9 Å². The molecule has 2 heterocycles. The van der Waals surface area contributed by atoms with E-state index in [1.54, 1.807) is 18.5 Å². The predicted octanol–water partition coefficient (Wildman–Crippen LogP) is 12.8. The largest absolute Gasteiger partial charge is 0.311 e. The molecule has 7 rings (SSSR count). The lowest BCUT2D eigenvalue weighted by Gasteiger charge is -2.26. The highest BCUT2D eigenvalue weighted by molar-refractivity contribution is 5.86. The number of imidazole rings is 1. The number of rotatable bonds is 10. The minimum Gasteiger partial charge on any atom is -0.311 e. The maximum Gasteiger partial charge on any atom is 0.145 e. The summed E-state index contributed by atoms with van der Waals surface area (Å²) in [6, 6.07) is 54.6. The number of para-hydroxylation sites is 1. The summed E-state index contributed by atoms with van der Waals surface area (Å²) in [6.07, 6.45) is 10.9. The fraction of sp³-hybridized carbons (Fsp3) is 0.0408. The quantitative estimate of drug-likeness (QED) is 0.145. The zero-order valence-electron chi connectivity index (χ0n) is 30.5. The molecule has 0 fully saturated rings. The SMILES string of the molecule is C=Cc1cc(-c2ccc(N(c3ccc(-c4ccccncccc4)cc3)c3ccc(-c4nc(C)c(/C=C\C)n4-c4ccccc4)cc3)cc2)ccc1C=N. The fourth-order valence-corrected chi connectivity index (χ4v) is 6.62. The van der Waals surface area contributed by atoms with Crippen LogP contribution in [0.5, 0.6) is 0 Å². The Hall–Kier alpha value is -7.11. The van der Waals surface area contributed by atoms with Crippen molar-refractivity contribution >= 4 is 35.4 Å². The van der Waals surface area contributed by atoms with E-state index < -0.39 is 0 Å². The van der Waals surface area contributed by atoms with E-state index in [9.17, 15) is 0 Å². The zero-order valence-corrected chi connectivity index (χ0v) is 30.5. The Labute approximate surface area is 317 Å². The number of nitrogens with zero attached hydrogens (tertiary/aromatic N) is 4. The van der Waals surface area contributed by atoms with Gasteiger partial charge in [0.25, 0.3) is 0 Å². The van der Waals surface area contributed by atoms with Crippen molar-refractivity contribution in [2.45, 2.75) is 13.8 Å². The van der Waals surface area contributed by atoms with E-state index in [-0.39, 0.29) is 0 Å². The monoisotopic (exact) mass is 699 g/mol. The van der Waals surface area contributed by atoms with Crippen LogP contribution in [0.2, 0.25) is 0 Å². The minimum absolute atomic E-state index is 0.848. The van der Waals surface area contributed by atoms with Crippen LogP contribution >= 0.6 is 0 Å². The molecule has 54 heavy (non-hydrogen) atoms. The maximum atomic E-state index is 7.75. The summed E-state index contributed by atoms with van der Waals surface area (Å²) in [4.78, 5) is 11.5. The third-order valence-electron chi connectivity index (χ3n) is 9.32. The van der Waals surface area contributed by atoms with Crippen LogP contribution < -0.4 is 4.90 Å². The lowest BCUT2D eigenvalue weighted by molar-refractivity contribution is 1.05. The van der Waals surface area contributed by atoms with Crippen molar-refractivity contribution in [3.8, 4) is 39.3 Å². The number of aromatic nitrogens is 3. The molecule has 2 aromatic heterocycles. The van der Waals surface area contributed by atoms with Crippen LogP contribution in [0.4, 0.5) is 17.1 Å². The second-order valence-corrected chi connectivity index (χ2v) is 12.8. The highest BCUT2D eigenvalue weighted by atomic mass is 15.1. The summed E-state index contributed by atoms with van der Waals surface area (Å²) in [7, 11) is 0. The highest BCUT2D eigenvalue weighted by Crippen LogP contribution is 2.38. The number of allylic oxidation sites excluding steroid dienone is 1. The first kappa shape index (κ1) is 35.3. The van der Waals surface area contributed by atoms with Crippen molar-refractivity contribution in [1.29, 1.82) is 5.41 Å². The molecule has 0 radical (unpaired) electrons. The molecule has 0 saturated heterocycles. The molecule has 0 aliphatic rings. The van der Waals surface area contributed by atoms with Crippen molar-refractivity contribution in [1.82, 2.24) is 14.5 Å². The van der Waals surface area contributed by atoms with Gasteiger partial charge in [-0.1, -0.05) is 97.6 Å². The molecule has 7 aromatic rings. The van der Waals surface area contributed by atoms with E-state index >= 15 is 0 Å². The molecule has 1 N–H and O–H groups in total. The van der Waals surface area contributed by atoms with Crippen LogP contribution in [0.1, 0.15) is 29.4 Å². The molecule has 0 atom stereocenters. The van der Waals surface area contributed by atoms with E-state index in [1.807, 2.05) is 43.3 Å². The van der Waals surface area contributed by atoms with Crippen LogP contribution in [0.25, 0.3) is 51.5 Å². The number of hydrogen-bond donors (Lipinski definition) is 1. The molecule has 0 saturated carbocycles. The van der Waals surface area contributed by atoms with Gasteiger partial charge >= 0.3 is 0 Å². The number of nitrogens with one attached hydrogen (secondary N) is 1. The average Bonchev–Trinajstić information content (AvgIpc) is 3.56. The van der Waals surface area contributed by atoms with Crippen LogP contribution in [-0.2, 0) is 0 Å². The van der Waals surface area contributed by atoms with Gasteiger partial charge in [0.2, 0.25) is 0 Å². The van der Waals surface area contributed by atoms with E-state index in [0.29, 0.717) is 0 Å². The summed E-state index contributed by atoms with van der Waals surface area (Å²) in [5, 5.41) is 7.75. The number of hydrogen-bond acceptors (Lipinski definition) is 4. The van der Waals surface area contributed by atoms with Gasteiger partial charge in [-0.05, 0) is 132 Å². The highest BCUT2D eigenvalue weighted by Gasteiger charge is 2.18.